The lowest BCUT2D eigenvalue weighted by molar-refractivity contribution is -0.145. The summed E-state index contributed by atoms with van der Waals surface area (Å²) in [5.41, 5.74) is 5.61. The lowest BCUT2D eigenvalue weighted by Gasteiger charge is -2.15. The average Bonchev–Trinajstić information content (AvgIpc) is 2.95. The van der Waals surface area contributed by atoms with Crippen LogP contribution < -0.4 is 9.47 Å². The topological polar surface area (TPSA) is 90.2 Å². The van der Waals surface area contributed by atoms with Crippen LogP contribution in [-0.4, -0.2) is 41.1 Å². The van der Waals surface area contributed by atoms with E-state index < -0.39 is 12.1 Å². The number of aromatic nitrogens is 1. The average molecular weight is 511 g/mol. The maximum Gasteiger partial charge on any atom is 0.345 e. The maximum absolute atomic E-state index is 11.7. The number of rotatable bonds is 12. The second-order valence-electron chi connectivity index (χ2n) is 8.76. The maximum atomic E-state index is 11.7. The van der Waals surface area contributed by atoms with Gasteiger partial charge < -0.3 is 19.4 Å². The molecule has 0 fully saturated rings. The Morgan fingerprint density at radius 1 is 0.895 bits per heavy atom. The highest BCUT2D eigenvalue weighted by Crippen LogP contribution is 2.19. The molecule has 1 N–H and O–H groups in total. The van der Waals surface area contributed by atoms with Crippen molar-refractivity contribution in [3.8, 4) is 22.8 Å². The van der Waals surface area contributed by atoms with Crippen molar-refractivity contribution in [3.05, 3.63) is 114 Å². The van der Waals surface area contributed by atoms with Crippen molar-refractivity contribution >= 4 is 11.7 Å². The Morgan fingerprint density at radius 2 is 1.61 bits per heavy atom. The van der Waals surface area contributed by atoms with Crippen LogP contribution in [0.1, 0.15) is 23.6 Å². The standard InChI is InChI=1S/C31H30N2O5/c1-22-6-14-28(15-7-22)38-30(31(34)35)21-24-8-16-27(17-9-24)36-19-20-37-33-23(2)25-10-12-26(13-11-25)29-5-3-4-18-32-29/h3-18,30H,19-21H2,1-2H3,(H,34,35)/b33-23-/t30-/m0/s1. The van der Waals surface area contributed by atoms with Crippen molar-refractivity contribution in [2.75, 3.05) is 13.2 Å². The number of oxime groups is 1. The van der Waals surface area contributed by atoms with Gasteiger partial charge in [0, 0.05) is 18.2 Å². The fourth-order valence-electron chi connectivity index (χ4n) is 3.70. The smallest absolute Gasteiger partial charge is 0.345 e. The van der Waals surface area contributed by atoms with Gasteiger partial charge in [0.15, 0.2) is 12.7 Å². The Hall–Kier alpha value is -4.65. The minimum absolute atomic E-state index is 0.240. The number of nitrogens with zero attached hydrogens (tertiary/aromatic N) is 2. The molecule has 1 atom stereocenters. The van der Waals surface area contributed by atoms with Gasteiger partial charge in [-0.25, -0.2) is 4.79 Å². The number of aryl methyl sites for hydroxylation is 1. The fourth-order valence-corrected chi connectivity index (χ4v) is 3.70. The van der Waals surface area contributed by atoms with Gasteiger partial charge in [-0.3, -0.25) is 4.98 Å². The molecule has 0 aliphatic rings. The van der Waals surface area contributed by atoms with Crippen LogP contribution >= 0.6 is 0 Å². The SMILES string of the molecule is C/C(=N/OCCOc1ccc(C[C@H](Oc2ccc(C)cc2)C(=O)O)cc1)c1ccc(-c2ccccn2)cc1. The molecule has 4 rings (SSSR count). The van der Waals surface area contributed by atoms with E-state index in [0.29, 0.717) is 18.1 Å². The van der Waals surface area contributed by atoms with Crippen LogP contribution in [0.25, 0.3) is 11.3 Å². The first-order valence-electron chi connectivity index (χ1n) is 12.3. The van der Waals surface area contributed by atoms with E-state index in [0.717, 1.165) is 33.7 Å². The summed E-state index contributed by atoms with van der Waals surface area (Å²) >= 11 is 0. The number of pyridine rings is 1. The highest BCUT2D eigenvalue weighted by molar-refractivity contribution is 5.98. The number of carboxylic acids is 1. The van der Waals surface area contributed by atoms with Gasteiger partial charge in [0.2, 0.25) is 0 Å². The number of aliphatic carboxylic acids is 1. The minimum atomic E-state index is -1.01. The van der Waals surface area contributed by atoms with Gasteiger partial charge in [0.1, 0.15) is 18.1 Å². The number of ether oxygens (including phenoxy) is 2. The summed E-state index contributed by atoms with van der Waals surface area (Å²) in [4.78, 5) is 21.5. The van der Waals surface area contributed by atoms with Gasteiger partial charge in [-0.2, -0.15) is 0 Å². The first-order chi connectivity index (χ1) is 18.5. The lowest BCUT2D eigenvalue weighted by atomic mass is 10.1. The van der Waals surface area contributed by atoms with Crippen LogP contribution in [-0.2, 0) is 16.1 Å². The first-order valence-corrected chi connectivity index (χ1v) is 12.3. The summed E-state index contributed by atoms with van der Waals surface area (Å²) in [6.07, 6.45) is 1.03. The van der Waals surface area contributed by atoms with Gasteiger partial charge >= 0.3 is 5.97 Å². The molecule has 3 aromatic carbocycles. The summed E-state index contributed by atoms with van der Waals surface area (Å²) in [6.45, 7) is 4.47. The van der Waals surface area contributed by atoms with Crippen molar-refractivity contribution in [1.29, 1.82) is 0 Å². The van der Waals surface area contributed by atoms with Crippen molar-refractivity contribution in [2.24, 2.45) is 5.16 Å². The second-order valence-corrected chi connectivity index (χ2v) is 8.76. The Morgan fingerprint density at radius 3 is 2.26 bits per heavy atom. The van der Waals surface area contributed by atoms with Gasteiger partial charge in [-0.05, 0) is 61.4 Å². The number of hydrogen-bond donors (Lipinski definition) is 1. The van der Waals surface area contributed by atoms with Crippen LogP contribution in [0.4, 0.5) is 0 Å². The van der Waals surface area contributed by atoms with Crippen LogP contribution in [0.5, 0.6) is 11.5 Å². The summed E-state index contributed by atoms with van der Waals surface area (Å²) in [7, 11) is 0. The van der Waals surface area contributed by atoms with Crippen molar-refractivity contribution in [1.82, 2.24) is 4.98 Å². The third kappa shape index (κ3) is 7.67. The molecule has 0 unspecified atom stereocenters. The Labute approximate surface area is 222 Å². The largest absolute Gasteiger partial charge is 0.490 e. The third-order valence-corrected chi connectivity index (χ3v) is 5.83. The Balaban J connectivity index is 1.21. The zero-order valence-electron chi connectivity index (χ0n) is 21.4. The van der Waals surface area contributed by atoms with Gasteiger partial charge in [-0.15, -0.1) is 0 Å². The van der Waals surface area contributed by atoms with E-state index in [1.54, 1.807) is 30.5 Å². The molecule has 194 valence electrons. The predicted molar refractivity (Wildman–Crippen MR) is 147 cm³/mol. The summed E-state index contributed by atoms with van der Waals surface area (Å²) in [5, 5.41) is 13.7. The molecule has 0 aliphatic heterocycles. The van der Waals surface area contributed by atoms with E-state index >= 15 is 0 Å². The molecule has 7 heteroatoms. The summed E-state index contributed by atoms with van der Waals surface area (Å²) in [5.74, 6) is 0.180. The van der Waals surface area contributed by atoms with E-state index in [9.17, 15) is 9.90 Å². The predicted octanol–water partition coefficient (Wildman–Crippen LogP) is 5.95. The molecular weight excluding hydrogens is 480 g/mol. The molecule has 0 spiro atoms. The molecule has 0 aliphatic carbocycles. The van der Waals surface area contributed by atoms with Crippen LogP contribution in [0.2, 0.25) is 0 Å². The molecule has 0 amide bonds. The number of carbonyl (C=O) groups is 1. The summed E-state index contributed by atoms with van der Waals surface area (Å²) in [6, 6.07) is 28.4. The number of hydrogen-bond acceptors (Lipinski definition) is 6. The zero-order chi connectivity index (χ0) is 26.7. The quantitative estimate of drug-likeness (QED) is 0.144. The molecule has 7 nitrogen and oxygen atoms in total. The first kappa shape index (κ1) is 26.4. The van der Waals surface area contributed by atoms with Crippen LogP contribution in [0.3, 0.4) is 0 Å². The second kappa shape index (κ2) is 13.1. The third-order valence-electron chi connectivity index (χ3n) is 5.83. The van der Waals surface area contributed by atoms with Crippen molar-refractivity contribution < 1.29 is 24.2 Å². The van der Waals surface area contributed by atoms with E-state index in [4.69, 9.17) is 14.3 Å². The molecule has 1 heterocycles. The number of benzene rings is 3. The van der Waals surface area contributed by atoms with Gasteiger partial charge in [0.25, 0.3) is 0 Å². The van der Waals surface area contributed by atoms with E-state index in [2.05, 4.69) is 10.1 Å². The molecule has 0 saturated carbocycles. The van der Waals surface area contributed by atoms with E-state index in [1.807, 2.05) is 80.6 Å². The minimum Gasteiger partial charge on any atom is -0.490 e. The van der Waals surface area contributed by atoms with Crippen LogP contribution in [0, 0.1) is 6.92 Å². The van der Waals surface area contributed by atoms with Gasteiger partial charge in [0.05, 0.1) is 11.4 Å². The molecule has 4 aromatic rings. The molecular formula is C31H30N2O5. The summed E-state index contributed by atoms with van der Waals surface area (Å²) < 4.78 is 11.4. The zero-order valence-corrected chi connectivity index (χ0v) is 21.4. The molecule has 0 radical (unpaired) electrons. The van der Waals surface area contributed by atoms with Crippen molar-refractivity contribution in [2.45, 2.75) is 26.4 Å². The fraction of sp³-hybridized carbons (Fsp3) is 0.194. The molecule has 38 heavy (non-hydrogen) atoms. The monoisotopic (exact) mass is 510 g/mol. The Kier molecular flexibility index (Phi) is 9.07. The lowest BCUT2D eigenvalue weighted by Crippen LogP contribution is -2.29. The molecule has 0 bridgehead atoms. The van der Waals surface area contributed by atoms with Crippen molar-refractivity contribution in [3.63, 3.8) is 0 Å². The Bertz CT molecular complexity index is 1340. The van der Waals surface area contributed by atoms with Crippen LogP contribution in [0.15, 0.2) is 102 Å². The molecule has 0 saturated heterocycles. The normalized spacial score (nSPS) is 12.0. The van der Waals surface area contributed by atoms with E-state index in [1.165, 1.54) is 0 Å². The highest BCUT2D eigenvalue weighted by Gasteiger charge is 2.20. The highest BCUT2D eigenvalue weighted by atomic mass is 16.6. The number of carboxylic acid groups (broad SMARTS) is 1. The van der Waals surface area contributed by atoms with Gasteiger partial charge in [-0.1, -0.05) is 65.3 Å². The van der Waals surface area contributed by atoms with E-state index in [-0.39, 0.29) is 13.0 Å². The molecule has 1 aromatic heterocycles.